The molecule has 0 bridgehead atoms. The van der Waals surface area contributed by atoms with E-state index in [4.69, 9.17) is 4.74 Å². The van der Waals surface area contributed by atoms with Gasteiger partial charge in [0.1, 0.15) is 5.82 Å². The number of carbonyl (C=O) groups is 2. The van der Waals surface area contributed by atoms with E-state index in [9.17, 15) is 19.1 Å². The van der Waals surface area contributed by atoms with E-state index >= 15 is 0 Å². The summed E-state index contributed by atoms with van der Waals surface area (Å²) < 4.78 is 18.7. The zero-order chi connectivity index (χ0) is 18.4. The number of rotatable bonds is 7. The average molecular weight is 345 g/mol. The molecule has 5 nitrogen and oxygen atoms in total. The SMILES string of the molecule is COCc1cc(NC(=O)C(C)Cc2ccccc2F)cc(C(=O)O)c1. The fourth-order valence-electron chi connectivity index (χ4n) is 2.49. The summed E-state index contributed by atoms with van der Waals surface area (Å²) >= 11 is 0. The van der Waals surface area contributed by atoms with Gasteiger partial charge in [-0.05, 0) is 41.8 Å². The number of ether oxygens (including phenoxy) is 1. The first-order chi connectivity index (χ1) is 11.9. The van der Waals surface area contributed by atoms with Gasteiger partial charge >= 0.3 is 5.97 Å². The number of nitrogens with one attached hydrogen (secondary N) is 1. The van der Waals surface area contributed by atoms with Gasteiger partial charge in [0.05, 0.1) is 12.2 Å². The van der Waals surface area contributed by atoms with E-state index in [-0.39, 0.29) is 30.3 Å². The van der Waals surface area contributed by atoms with E-state index in [1.165, 1.54) is 25.3 Å². The molecule has 1 unspecified atom stereocenters. The predicted molar refractivity (Wildman–Crippen MR) is 92.0 cm³/mol. The van der Waals surface area contributed by atoms with Crippen LogP contribution in [0.4, 0.5) is 10.1 Å². The lowest BCUT2D eigenvalue weighted by Gasteiger charge is -2.14. The number of carbonyl (C=O) groups excluding carboxylic acids is 1. The number of aromatic carboxylic acids is 1. The molecule has 1 atom stereocenters. The Morgan fingerprint density at radius 2 is 1.96 bits per heavy atom. The first kappa shape index (κ1) is 18.6. The number of carboxylic acid groups (broad SMARTS) is 1. The highest BCUT2D eigenvalue weighted by molar-refractivity contribution is 5.95. The molecule has 0 aliphatic heterocycles. The fourth-order valence-corrected chi connectivity index (χ4v) is 2.49. The lowest BCUT2D eigenvalue weighted by Crippen LogP contribution is -2.22. The molecular formula is C19H20FNO4. The van der Waals surface area contributed by atoms with Crippen molar-refractivity contribution in [2.24, 2.45) is 5.92 Å². The van der Waals surface area contributed by atoms with E-state index in [1.54, 1.807) is 31.2 Å². The highest BCUT2D eigenvalue weighted by atomic mass is 19.1. The summed E-state index contributed by atoms with van der Waals surface area (Å²) in [6, 6.07) is 10.8. The number of hydrogen-bond acceptors (Lipinski definition) is 3. The van der Waals surface area contributed by atoms with Crippen molar-refractivity contribution in [1.29, 1.82) is 0 Å². The summed E-state index contributed by atoms with van der Waals surface area (Å²) in [7, 11) is 1.50. The van der Waals surface area contributed by atoms with E-state index in [2.05, 4.69) is 5.32 Å². The van der Waals surface area contributed by atoms with Crippen molar-refractivity contribution in [3.05, 3.63) is 65.0 Å². The van der Waals surface area contributed by atoms with Crippen molar-refractivity contribution in [1.82, 2.24) is 0 Å². The second-order valence-corrected chi connectivity index (χ2v) is 5.84. The summed E-state index contributed by atoms with van der Waals surface area (Å²) in [5.74, 6) is -2.23. The molecule has 25 heavy (non-hydrogen) atoms. The maximum Gasteiger partial charge on any atom is 0.335 e. The van der Waals surface area contributed by atoms with Crippen LogP contribution in [0.2, 0.25) is 0 Å². The van der Waals surface area contributed by atoms with Crippen LogP contribution in [0, 0.1) is 11.7 Å². The molecule has 2 aromatic rings. The third kappa shape index (κ3) is 5.12. The maximum absolute atomic E-state index is 13.7. The van der Waals surface area contributed by atoms with Gasteiger partial charge < -0.3 is 15.2 Å². The minimum absolute atomic E-state index is 0.0617. The van der Waals surface area contributed by atoms with E-state index in [0.29, 0.717) is 16.8 Å². The van der Waals surface area contributed by atoms with Crippen LogP contribution in [-0.2, 0) is 22.6 Å². The van der Waals surface area contributed by atoms with Crippen LogP contribution in [0.5, 0.6) is 0 Å². The van der Waals surface area contributed by atoms with Crippen LogP contribution in [0.3, 0.4) is 0 Å². The van der Waals surface area contributed by atoms with Crippen molar-refractivity contribution >= 4 is 17.6 Å². The van der Waals surface area contributed by atoms with E-state index in [1.807, 2.05) is 0 Å². The van der Waals surface area contributed by atoms with Crippen molar-refractivity contribution in [3.63, 3.8) is 0 Å². The molecule has 2 aromatic carbocycles. The number of anilines is 1. The lowest BCUT2D eigenvalue weighted by atomic mass is 9.99. The number of carboxylic acids is 1. The fraction of sp³-hybridized carbons (Fsp3) is 0.263. The number of halogens is 1. The Morgan fingerprint density at radius 1 is 1.24 bits per heavy atom. The molecule has 0 fully saturated rings. The molecule has 1 amide bonds. The van der Waals surface area contributed by atoms with Gasteiger partial charge in [-0.3, -0.25) is 4.79 Å². The Morgan fingerprint density at radius 3 is 2.60 bits per heavy atom. The Kier molecular flexibility index (Phi) is 6.25. The highest BCUT2D eigenvalue weighted by Crippen LogP contribution is 2.19. The second kappa shape index (κ2) is 8.39. The molecule has 0 radical (unpaired) electrons. The lowest BCUT2D eigenvalue weighted by molar-refractivity contribution is -0.119. The van der Waals surface area contributed by atoms with Crippen molar-refractivity contribution < 1.29 is 23.8 Å². The Balaban J connectivity index is 2.13. The van der Waals surface area contributed by atoms with E-state index in [0.717, 1.165) is 0 Å². The number of methoxy groups -OCH3 is 1. The van der Waals surface area contributed by atoms with Crippen LogP contribution < -0.4 is 5.32 Å². The van der Waals surface area contributed by atoms with Crippen LogP contribution >= 0.6 is 0 Å². The molecule has 0 saturated heterocycles. The molecular weight excluding hydrogens is 325 g/mol. The molecule has 0 aliphatic rings. The monoisotopic (exact) mass is 345 g/mol. The standard InChI is InChI=1S/C19H20FNO4/c1-12(7-14-5-3-4-6-17(14)20)18(22)21-16-9-13(11-25-2)8-15(10-16)19(23)24/h3-6,8-10,12H,7,11H2,1-2H3,(H,21,22)(H,23,24). The molecule has 2 N–H and O–H groups in total. The molecule has 0 saturated carbocycles. The molecule has 2 rings (SSSR count). The number of hydrogen-bond donors (Lipinski definition) is 2. The van der Waals surface area contributed by atoms with Gasteiger partial charge in [-0.15, -0.1) is 0 Å². The zero-order valence-corrected chi connectivity index (χ0v) is 14.1. The predicted octanol–water partition coefficient (Wildman–Crippen LogP) is 3.49. The molecule has 6 heteroatoms. The van der Waals surface area contributed by atoms with E-state index < -0.39 is 11.9 Å². The summed E-state index contributed by atoms with van der Waals surface area (Å²) in [4.78, 5) is 23.6. The van der Waals surface area contributed by atoms with Gasteiger partial charge in [0.2, 0.25) is 5.91 Å². The Labute approximate surface area is 145 Å². The third-order valence-electron chi connectivity index (χ3n) is 3.75. The van der Waals surface area contributed by atoms with Crippen molar-refractivity contribution in [2.45, 2.75) is 20.0 Å². The van der Waals surface area contributed by atoms with Crippen molar-refractivity contribution in [3.8, 4) is 0 Å². The smallest absolute Gasteiger partial charge is 0.335 e. The summed E-state index contributed by atoms with van der Waals surface area (Å²) in [5, 5.41) is 11.9. The van der Waals surface area contributed by atoms with Gasteiger partial charge in [0.25, 0.3) is 0 Å². The van der Waals surface area contributed by atoms with Crippen LogP contribution in [-0.4, -0.2) is 24.1 Å². The third-order valence-corrected chi connectivity index (χ3v) is 3.75. The number of benzene rings is 2. The molecule has 132 valence electrons. The molecule has 0 aliphatic carbocycles. The first-order valence-electron chi connectivity index (χ1n) is 7.81. The summed E-state index contributed by atoms with van der Waals surface area (Å²) in [5.41, 5.74) is 1.54. The van der Waals surface area contributed by atoms with Gasteiger partial charge in [-0.2, -0.15) is 0 Å². The van der Waals surface area contributed by atoms with Crippen LogP contribution in [0.15, 0.2) is 42.5 Å². The molecule has 0 heterocycles. The molecule has 0 spiro atoms. The van der Waals surface area contributed by atoms with Crippen LogP contribution in [0.25, 0.3) is 0 Å². The normalized spacial score (nSPS) is 11.8. The minimum atomic E-state index is -1.09. The maximum atomic E-state index is 13.7. The summed E-state index contributed by atoms with van der Waals surface area (Å²) in [6.07, 6.45) is 0.252. The molecule has 0 aromatic heterocycles. The summed E-state index contributed by atoms with van der Waals surface area (Å²) in [6.45, 7) is 1.92. The van der Waals surface area contributed by atoms with Crippen LogP contribution in [0.1, 0.15) is 28.4 Å². The minimum Gasteiger partial charge on any atom is -0.478 e. The average Bonchev–Trinajstić information content (AvgIpc) is 2.57. The Bertz CT molecular complexity index is 776. The van der Waals surface area contributed by atoms with Gasteiger partial charge in [-0.1, -0.05) is 25.1 Å². The quantitative estimate of drug-likeness (QED) is 0.805. The van der Waals surface area contributed by atoms with Crippen molar-refractivity contribution in [2.75, 3.05) is 12.4 Å². The number of amides is 1. The van der Waals surface area contributed by atoms with Gasteiger partial charge in [-0.25, -0.2) is 9.18 Å². The topological polar surface area (TPSA) is 75.6 Å². The Hall–Kier alpha value is -2.73. The first-order valence-corrected chi connectivity index (χ1v) is 7.81. The van der Waals surface area contributed by atoms with Gasteiger partial charge in [0, 0.05) is 18.7 Å². The largest absolute Gasteiger partial charge is 0.478 e. The highest BCUT2D eigenvalue weighted by Gasteiger charge is 2.17. The second-order valence-electron chi connectivity index (χ2n) is 5.84. The van der Waals surface area contributed by atoms with Gasteiger partial charge in [0.15, 0.2) is 0 Å². The zero-order valence-electron chi connectivity index (χ0n) is 14.1.